The number of carboxylic acids is 1. The molecule has 0 saturated carbocycles. The first-order valence-corrected chi connectivity index (χ1v) is 6.24. The molecule has 0 aliphatic carbocycles. The van der Waals surface area contributed by atoms with Crippen LogP contribution in [0.1, 0.15) is 12.0 Å². The third-order valence-electron chi connectivity index (χ3n) is 3.31. The fourth-order valence-electron chi connectivity index (χ4n) is 2.24. The highest BCUT2D eigenvalue weighted by Gasteiger charge is 2.38. The number of likely N-dealkylation sites (tertiary alicyclic amines) is 1. The van der Waals surface area contributed by atoms with Crippen molar-refractivity contribution in [2.75, 3.05) is 13.7 Å². The van der Waals surface area contributed by atoms with Crippen LogP contribution in [0.2, 0.25) is 0 Å². The third-order valence-corrected chi connectivity index (χ3v) is 3.31. The highest BCUT2D eigenvalue weighted by Crippen LogP contribution is 2.20. The molecule has 1 aromatic rings. The quantitative estimate of drug-likeness (QED) is 0.792. The van der Waals surface area contributed by atoms with Gasteiger partial charge in [-0.05, 0) is 6.08 Å². The SMILES string of the molecule is COC1CC(C(=O)O)N(C(=O)/C=C/c2cnn(C)c2)C1. The van der Waals surface area contributed by atoms with E-state index in [1.54, 1.807) is 30.2 Å². The molecule has 7 nitrogen and oxygen atoms in total. The third kappa shape index (κ3) is 3.05. The molecule has 2 heterocycles. The van der Waals surface area contributed by atoms with Gasteiger partial charge in [-0.2, -0.15) is 5.10 Å². The number of aryl methyl sites for hydroxylation is 1. The first-order chi connectivity index (χ1) is 9.51. The van der Waals surface area contributed by atoms with Crippen molar-refractivity contribution < 1.29 is 19.4 Å². The topological polar surface area (TPSA) is 84.7 Å². The van der Waals surface area contributed by atoms with Crippen molar-refractivity contribution in [3.8, 4) is 0 Å². The summed E-state index contributed by atoms with van der Waals surface area (Å²) in [4.78, 5) is 24.6. The summed E-state index contributed by atoms with van der Waals surface area (Å²) in [5.41, 5.74) is 0.787. The van der Waals surface area contributed by atoms with E-state index >= 15 is 0 Å². The van der Waals surface area contributed by atoms with E-state index in [4.69, 9.17) is 9.84 Å². The molecule has 1 saturated heterocycles. The number of carbonyl (C=O) groups is 2. The zero-order valence-corrected chi connectivity index (χ0v) is 11.4. The first kappa shape index (κ1) is 14.3. The van der Waals surface area contributed by atoms with Crippen LogP contribution in [-0.4, -0.2) is 57.5 Å². The minimum absolute atomic E-state index is 0.230. The van der Waals surface area contributed by atoms with Gasteiger partial charge in [0.15, 0.2) is 0 Å². The smallest absolute Gasteiger partial charge is 0.326 e. The van der Waals surface area contributed by atoms with Gasteiger partial charge in [0.2, 0.25) is 5.91 Å². The van der Waals surface area contributed by atoms with E-state index in [0.29, 0.717) is 13.0 Å². The number of ether oxygens (including phenoxy) is 1. The molecule has 1 aliphatic rings. The van der Waals surface area contributed by atoms with Gasteiger partial charge in [0.25, 0.3) is 0 Å². The molecule has 0 bridgehead atoms. The maximum atomic E-state index is 12.1. The molecule has 1 fully saturated rings. The van der Waals surface area contributed by atoms with Crippen molar-refractivity contribution in [2.45, 2.75) is 18.6 Å². The minimum Gasteiger partial charge on any atom is -0.480 e. The summed E-state index contributed by atoms with van der Waals surface area (Å²) < 4.78 is 6.77. The van der Waals surface area contributed by atoms with Gasteiger partial charge in [-0.15, -0.1) is 0 Å². The minimum atomic E-state index is -1.01. The number of hydrogen-bond donors (Lipinski definition) is 1. The first-order valence-electron chi connectivity index (χ1n) is 6.24. The summed E-state index contributed by atoms with van der Waals surface area (Å²) in [6.07, 6.45) is 6.46. The van der Waals surface area contributed by atoms with Gasteiger partial charge in [-0.3, -0.25) is 9.48 Å². The Labute approximate surface area is 116 Å². The van der Waals surface area contributed by atoms with Crippen LogP contribution < -0.4 is 0 Å². The number of amides is 1. The molecule has 7 heteroatoms. The molecule has 1 aliphatic heterocycles. The summed E-state index contributed by atoms with van der Waals surface area (Å²) in [7, 11) is 3.30. The van der Waals surface area contributed by atoms with Crippen LogP contribution in [0.25, 0.3) is 6.08 Å². The average molecular weight is 279 g/mol. The molecule has 2 atom stereocenters. The van der Waals surface area contributed by atoms with Gasteiger partial charge in [0, 0.05) is 45.0 Å². The molecular formula is C13H17N3O4. The van der Waals surface area contributed by atoms with Gasteiger partial charge >= 0.3 is 5.97 Å². The molecule has 1 aromatic heterocycles. The number of carboxylic acid groups (broad SMARTS) is 1. The predicted molar refractivity (Wildman–Crippen MR) is 70.8 cm³/mol. The molecule has 1 N–H and O–H groups in total. The lowest BCUT2D eigenvalue weighted by Crippen LogP contribution is -2.39. The molecule has 1 amide bonds. The lowest BCUT2D eigenvalue weighted by atomic mass is 10.2. The van der Waals surface area contributed by atoms with Crippen LogP contribution in [0.15, 0.2) is 18.5 Å². The zero-order valence-electron chi connectivity index (χ0n) is 11.4. The van der Waals surface area contributed by atoms with Crippen LogP contribution in [0, 0.1) is 0 Å². The van der Waals surface area contributed by atoms with Crippen LogP contribution >= 0.6 is 0 Å². The lowest BCUT2D eigenvalue weighted by Gasteiger charge is -2.19. The van der Waals surface area contributed by atoms with Crippen molar-refractivity contribution in [1.29, 1.82) is 0 Å². The number of methoxy groups -OCH3 is 1. The van der Waals surface area contributed by atoms with Crippen molar-refractivity contribution in [1.82, 2.24) is 14.7 Å². The van der Waals surface area contributed by atoms with Crippen molar-refractivity contribution >= 4 is 18.0 Å². The Kier molecular flexibility index (Phi) is 4.19. The number of aromatic nitrogens is 2. The number of nitrogens with zero attached hydrogens (tertiary/aromatic N) is 3. The van der Waals surface area contributed by atoms with Crippen molar-refractivity contribution in [2.24, 2.45) is 7.05 Å². The Balaban J connectivity index is 2.07. The Morgan fingerprint density at radius 1 is 1.55 bits per heavy atom. The van der Waals surface area contributed by atoms with Gasteiger partial charge in [-0.1, -0.05) is 0 Å². The van der Waals surface area contributed by atoms with Crippen molar-refractivity contribution in [3.63, 3.8) is 0 Å². The second-order valence-electron chi connectivity index (χ2n) is 4.72. The molecule has 0 aromatic carbocycles. The van der Waals surface area contributed by atoms with Crippen LogP contribution in [-0.2, 0) is 21.4 Å². The van der Waals surface area contributed by atoms with E-state index in [1.165, 1.54) is 18.1 Å². The van der Waals surface area contributed by atoms with E-state index in [2.05, 4.69) is 5.10 Å². The van der Waals surface area contributed by atoms with Crippen LogP contribution in [0.4, 0.5) is 0 Å². The van der Waals surface area contributed by atoms with Gasteiger partial charge in [-0.25, -0.2) is 4.79 Å². The molecule has 2 rings (SSSR count). The van der Waals surface area contributed by atoms with Gasteiger partial charge < -0.3 is 14.7 Å². The zero-order chi connectivity index (χ0) is 14.7. The number of hydrogen-bond acceptors (Lipinski definition) is 4. The summed E-state index contributed by atoms with van der Waals surface area (Å²) in [6, 6.07) is -0.828. The number of aliphatic carboxylic acids is 1. The largest absolute Gasteiger partial charge is 0.480 e. The van der Waals surface area contributed by atoms with Crippen LogP contribution in [0.3, 0.4) is 0 Å². The van der Waals surface area contributed by atoms with E-state index < -0.39 is 12.0 Å². The van der Waals surface area contributed by atoms with Crippen LogP contribution in [0.5, 0.6) is 0 Å². The Morgan fingerprint density at radius 3 is 2.85 bits per heavy atom. The molecule has 2 unspecified atom stereocenters. The molecule has 108 valence electrons. The highest BCUT2D eigenvalue weighted by atomic mass is 16.5. The monoisotopic (exact) mass is 279 g/mol. The Morgan fingerprint density at radius 2 is 2.30 bits per heavy atom. The lowest BCUT2D eigenvalue weighted by molar-refractivity contribution is -0.146. The van der Waals surface area contributed by atoms with Gasteiger partial charge in [0.1, 0.15) is 6.04 Å². The average Bonchev–Trinajstić information content (AvgIpc) is 3.02. The standard InChI is InChI=1S/C13H17N3O4/c1-15-7-9(6-14-15)3-4-12(17)16-8-10(20-2)5-11(16)13(18)19/h3-4,6-7,10-11H,5,8H2,1-2H3,(H,18,19)/b4-3+. The molecular weight excluding hydrogens is 262 g/mol. The summed E-state index contributed by atoms with van der Waals surface area (Å²) in [6.45, 7) is 0.295. The maximum Gasteiger partial charge on any atom is 0.326 e. The second kappa shape index (κ2) is 5.87. The summed E-state index contributed by atoms with van der Waals surface area (Å²) in [5, 5.41) is 13.1. The Bertz CT molecular complexity index is 537. The fourth-order valence-corrected chi connectivity index (χ4v) is 2.24. The molecule has 0 spiro atoms. The fraction of sp³-hybridized carbons (Fsp3) is 0.462. The number of rotatable bonds is 4. The van der Waals surface area contributed by atoms with Crippen molar-refractivity contribution in [3.05, 3.63) is 24.0 Å². The second-order valence-corrected chi connectivity index (χ2v) is 4.72. The van der Waals surface area contributed by atoms with E-state index in [-0.39, 0.29) is 12.0 Å². The predicted octanol–water partition coefficient (Wildman–Crippen LogP) is 0.134. The number of carbonyl (C=O) groups excluding carboxylic acids is 1. The highest BCUT2D eigenvalue weighted by molar-refractivity contribution is 5.94. The van der Waals surface area contributed by atoms with Gasteiger partial charge in [0.05, 0.1) is 12.3 Å². The summed E-state index contributed by atoms with van der Waals surface area (Å²) in [5.74, 6) is -1.34. The molecule has 20 heavy (non-hydrogen) atoms. The Hall–Kier alpha value is -2.15. The summed E-state index contributed by atoms with van der Waals surface area (Å²) >= 11 is 0. The maximum absolute atomic E-state index is 12.1. The molecule has 0 radical (unpaired) electrons. The van der Waals surface area contributed by atoms with E-state index in [1.807, 2.05) is 0 Å². The normalized spacial score (nSPS) is 22.6. The van der Waals surface area contributed by atoms with E-state index in [0.717, 1.165) is 5.56 Å². The van der Waals surface area contributed by atoms with E-state index in [9.17, 15) is 9.59 Å².